The summed E-state index contributed by atoms with van der Waals surface area (Å²) < 4.78 is 1.73. The highest BCUT2D eigenvalue weighted by atomic mass is 35.5. The van der Waals surface area contributed by atoms with Crippen molar-refractivity contribution in [2.75, 3.05) is 11.1 Å². The molecule has 0 saturated heterocycles. The number of aryl methyl sites for hydroxylation is 3. The predicted octanol–water partition coefficient (Wildman–Crippen LogP) is 2.73. The average molecular weight is 331 g/mol. The molecule has 0 aliphatic rings. The number of aromatic nitrogens is 2. The number of nitrogens with two attached hydrogens (primary N) is 1. The summed E-state index contributed by atoms with van der Waals surface area (Å²) in [5, 5.41) is 6.95. The van der Waals surface area contributed by atoms with Gasteiger partial charge in [-0.1, -0.05) is 6.07 Å². The molecule has 1 aromatic heterocycles. The van der Waals surface area contributed by atoms with Crippen LogP contribution in [0, 0.1) is 6.92 Å². The van der Waals surface area contributed by atoms with Gasteiger partial charge in [0.2, 0.25) is 5.91 Å². The summed E-state index contributed by atoms with van der Waals surface area (Å²) in [5.41, 5.74) is 9.19. The fourth-order valence-corrected chi connectivity index (χ4v) is 1.85. The van der Waals surface area contributed by atoms with Gasteiger partial charge in [-0.05, 0) is 36.6 Å². The predicted molar refractivity (Wildman–Crippen MR) is 90.2 cm³/mol. The molecule has 0 aliphatic heterocycles. The first-order chi connectivity index (χ1) is 9.04. The molecule has 3 N–H and O–H groups in total. The van der Waals surface area contributed by atoms with E-state index in [1.807, 2.05) is 32.3 Å². The van der Waals surface area contributed by atoms with Gasteiger partial charge in [-0.2, -0.15) is 5.10 Å². The molecule has 0 fully saturated rings. The van der Waals surface area contributed by atoms with Crippen molar-refractivity contribution in [3.05, 3.63) is 41.7 Å². The highest BCUT2D eigenvalue weighted by Crippen LogP contribution is 2.18. The number of hydrogen-bond acceptors (Lipinski definition) is 3. The van der Waals surface area contributed by atoms with Crippen LogP contribution in [0.4, 0.5) is 11.4 Å². The van der Waals surface area contributed by atoms with Gasteiger partial charge in [0.05, 0.1) is 6.20 Å². The first-order valence-electron chi connectivity index (χ1n) is 6.18. The molecule has 0 bridgehead atoms. The Kier molecular flexibility index (Phi) is 7.84. The summed E-state index contributed by atoms with van der Waals surface area (Å²) in [6.45, 7) is 1.94. The maximum absolute atomic E-state index is 11.9. The van der Waals surface area contributed by atoms with Gasteiger partial charge in [0, 0.05) is 31.0 Å². The van der Waals surface area contributed by atoms with Crippen LogP contribution in [-0.4, -0.2) is 15.7 Å². The van der Waals surface area contributed by atoms with Crippen molar-refractivity contribution in [2.45, 2.75) is 19.8 Å². The van der Waals surface area contributed by atoms with Gasteiger partial charge in [0.1, 0.15) is 0 Å². The Morgan fingerprint density at radius 1 is 1.38 bits per heavy atom. The molecule has 0 radical (unpaired) electrons. The minimum absolute atomic E-state index is 0. The Labute approximate surface area is 136 Å². The summed E-state index contributed by atoms with van der Waals surface area (Å²) >= 11 is 0. The molecule has 21 heavy (non-hydrogen) atoms. The van der Waals surface area contributed by atoms with Crippen LogP contribution in [0.1, 0.15) is 17.5 Å². The number of nitrogen functional groups attached to an aromatic ring is 1. The third-order valence-corrected chi connectivity index (χ3v) is 2.93. The second kappa shape index (κ2) is 8.54. The van der Waals surface area contributed by atoms with Crippen LogP contribution < -0.4 is 11.1 Å². The number of rotatable bonds is 4. The van der Waals surface area contributed by atoms with E-state index in [-0.39, 0.29) is 30.7 Å². The van der Waals surface area contributed by atoms with Crippen molar-refractivity contribution in [3.8, 4) is 0 Å². The number of anilines is 2. The van der Waals surface area contributed by atoms with Gasteiger partial charge in [0.15, 0.2) is 0 Å². The quantitative estimate of drug-likeness (QED) is 0.846. The lowest BCUT2D eigenvalue weighted by Gasteiger charge is -2.08. The molecule has 0 atom stereocenters. The van der Waals surface area contributed by atoms with Crippen LogP contribution >= 0.6 is 24.8 Å². The van der Waals surface area contributed by atoms with Gasteiger partial charge in [-0.25, -0.2) is 0 Å². The second-order valence-electron chi connectivity index (χ2n) is 4.64. The molecule has 2 aromatic rings. The summed E-state index contributed by atoms with van der Waals surface area (Å²) in [6, 6.07) is 5.49. The average Bonchev–Trinajstić information content (AvgIpc) is 2.77. The van der Waals surface area contributed by atoms with Gasteiger partial charge < -0.3 is 11.1 Å². The van der Waals surface area contributed by atoms with Gasteiger partial charge >= 0.3 is 0 Å². The lowest BCUT2D eigenvalue weighted by molar-refractivity contribution is -0.116. The number of hydrogen-bond donors (Lipinski definition) is 2. The van der Waals surface area contributed by atoms with Crippen molar-refractivity contribution in [1.29, 1.82) is 0 Å². The van der Waals surface area contributed by atoms with Gasteiger partial charge in [-0.3, -0.25) is 9.48 Å². The van der Waals surface area contributed by atoms with E-state index in [1.165, 1.54) is 0 Å². The van der Waals surface area contributed by atoms with Crippen molar-refractivity contribution < 1.29 is 4.79 Å². The summed E-state index contributed by atoms with van der Waals surface area (Å²) in [7, 11) is 1.86. The van der Waals surface area contributed by atoms with E-state index in [0.717, 1.165) is 16.8 Å². The largest absolute Gasteiger partial charge is 0.399 e. The maximum atomic E-state index is 11.9. The van der Waals surface area contributed by atoms with E-state index < -0.39 is 0 Å². The Morgan fingerprint density at radius 3 is 2.71 bits per heavy atom. The fourth-order valence-electron chi connectivity index (χ4n) is 1.85. The molecular weight excluding hydrogens is 311 g/mol. The lowest BCUT2D eigenvalue weighted by Crippen LogP contribution is -2.13. The zero-order chi connectivity index (χ0) is 13.8. The highest BCUT2D eigenvalue weighted by Gasteiger charge is 2.06. The molecule has 0 saturated carbocycles. The molecule has 2 rings (SSSR count). The monoisotopic (exact) mass is 330 g/mol. The van der Waals surface area contributed by atoms with Crippen molar-refractivity contribution >= 4 is 42.1 Å². The molecule has 0 aliphatic carbocycles. The van der Waals surface area contributed by atoms with Gasteiger partial charge in [-0.15, -0.1) is 24.8 Å². The summed E-state index contributed by atoms with van der Waals surface area (Å²) in [6.07, 6.45) is 4.80. The number of halogens is 2. The van der Waals surface area contributed by atoms with E-state index >= 15 is 0 Å². The molecule has 7 heteroatoms. The molecule has 1 amide bonds. The second-order valence-corrected chi connectivity index (χ2v) is 4.64. The van der Waals surface area contributed by atoms with Crippen LogP contribution in [0.2, 0.25) is 0 Å². The number of benzene rings is 1. The maximum Gasteiger partial charge on any atom is 0.224 e. The fraction of sp³-hybridized carbons (Fsp3) is 0.286. The molecule has 1 aromatic carbocycles. The molecular formula is C14H20Cl2N4O. The normalized spacial score (nSPS) is 9.43. The Balaban J connectivity index is 0.00000200. The van der Waals surface area contributed by atoms with Crippen LogP contribution in [-0.2, 0) is 18.3 Å². The van der Waals surface area contributed by atoms with E-state index in [0.29, 0.717) is 18.5 Å². The third kappa shape index (κ3) is 5.65. The van der Waals surface area contributed by atoms with Crippen LogP contribution in [0.3, 0.4) is 0 Å². The molecule has 5 nitrogen and oxygen atoms in total. The van der Waals surface area contributed by atoms with Crippen LogP contribution in [0.25, 0.3) is 0 Å². The van der Waals surface area contributed by atoms with Crippen LogP contribution in [0.5, 0.6) is 0 Å². The van der Waals surface area contributed by atoms with Crippen LogP contribution in [0.15, 0.2) is 30.6 Å². The van der Waals surface area contributed by atoms with Crippen molar-refractivity contribution in [2.24, 2.45) is 7.05 Å². The number of nitrogens with zero attached hydrogens (tertiary/aromatic N) is 2. The molecule has 0 spiro atoms. The zero-order valence-electron chi connectivity index (χ0n) is 12.0. The number of carbonyl (C=O) groups excluding carboxylic acids is 1. The van der Waals surface area contributed by atoms with Crippen molar-refractivity contribution in [1.82, 2.24) is 9.78 Å². The SMILES string of the molecule is Cc1ccc(N)cc1NC(=O)CCc1cnn(C)c1.Cl.Cl. The highest BCUT2D eigenvalue weighted by molar-refractivity contribution is 5.92. The van der Waals surface area contributed by atoms with Crippen molar-refractivity contribution in [3.63, 3.8) is 0 Å². The van der Waals surface area contributed by atoms with E-state index in [4.69, 9.17) is 5.73 Å². The zero-order valence-corrected chi connectivity index (χ0v) is 13.6. The van der Waals surface area contributed by atoms with E-state index in [9.17, 15) is 4.79 Å². The van der Waals surface area contributed by atoms with Gasteiger partial charge in [0.25, 0.3) is 0 Å². The molecule has 1 heterocycles. The third-order valence-electron chi connectivity index (χ3n) is 2.93. The summed E-state index contributed by atoms with van der Waals surface area (Å²) in [5.74, 6) is -0.0162. The van der Waals surface area contributed by atoms with E-state index in [1.54, 1.807) is 16.9 Å². The smallest absolute Gasteiger partial charge is 0.224 e. The Morgan fingerprint density at radius 2 is 2.10 bits per heavy atom. The molecule has 116 valence electrons. The first kappa shape index (κ1) is 19.3. The first-order valence-corrected chi connectivity index (χ1v) is 6.18. The summed E-state index contributed by atoms with van der Waals surface area (Å²) in [4.78, 5) is 11.9. The minimum atomic E-state index is -0.0162. The lowest BCUT2D eigenvalue weighted by atomic mass is 10.1. The number of amides is 1. The number of nitrogens with one attached hydrogen (secondary N) is 1. The number of carbonyl (C=O) groups is 1. The molecule has 0 unspecified atom stereocenters. The topological polar surface area (TPSA) is 72.9 Å². The minimum Gasteiger partial charge on any atom is -0.399 e. The van der Waals surface area contributed by atoms with E-state index in [2.05, 4.69) is 10.4 Å². The standard InChI is InChI=1S/C14H18N4O.2ClH/c1-10-3-5-12(15)7-13(10)17-14(19)6-4-11-8-16-18(2)9-11;;/h3,5,7-9H,4,6,15H2,1-2H3,(H,17,19);2*1H. The Bertz CT molecular complexity index is 598. The Hall–Kier alpha value is -1.72.